The van der Waals surface area contributed by atoms with Crippen LogP contribution in [0.25, 0.3) is 11.1 Å². The third-order valence-electron chi connectivity index (χ3n) is 6.07. The molecule has 2 fully saturated rings. The number of pyridine rings is 2. The van der Waals surface area contributed by atoms with Crippen LogP contribution in [0.1, 0.15) is 54.1 Å². The Kier molecular flexibility index (Phi) is 6.89. The Morgan fingerprint density at radius 3 is 2.76 bits per heavy atom. The van der Waals surface area contributed by atoms with Gasteiger partial charge >= 0.3 is 0 Å². The molecule has 9 nitrogen and oxygen atoms in total. The Balaban J connectivity index is 1.45. The standard InChI is InChI=1S/C23H24ClN5O4S/c1-31-19-11-26-20(24)9-16(19)15-8-18(13-4-2-3-5-13)25-10-17(15)21(30)27-22-28-29-23(34-22)33-14-6-7-32-12-14/h8-11,13-14H,2-7,12H2,1H3,(H,27,28,30)/t14-/m1/s1. The number of halogens is 1. The van der Waals surface area contributed by atoms with E-state index in [1.807, 2.05) is 6.07 Å². The lowest BCUT2D eigenvalue weighted by atomic mass is 9.95. The van der Waals surface area contributed by atoms with Crippen molar-refractivity contribution in [2.45, 2.75) is 44.1 Å². The molecule has 178 valence electrons. The zero-order chi connectivity index (χ0) is 23.5. The van der Waals surface area contributed by atoms with Crippen LogP contribution < -0.4 is 14.8 Å². The first kappa shape index (κ1) is 22.9. The molecule has 1 saturated carbocycles. The number of nitrogens with one attached hydrogen (secondary N) is 1. The smallest absolute Gasteiger partial charge is 0.296 e. The third kappa shape index (κ3) is 4.98. The van der Waals surface area contributed by atoms with Crippen LogP contribution in [0.4, 0.5) is 5.13 Å². The molecule has 1 saturated heterocycles. The summed E-state index contributed by atoms with van der Waals surface area (Å²) in [6.45, 7) is 1.20. The van der Waals surface area contributed by atoms with E-state index in [9.17, 15) is 4.79 Å². The third-order valence-corrected chi connectivity index (χ3v) is 7.01. The van der Waals surface area contributed by atoms with E-state index < -0.39 is 0 Å². The van der Waals surface area contributed by atoms with Gasteiger partial charge in [-0.05, 0) is 36.3 Å². The lowest BCUT2D eigenvalue weighted by Crippen LogP contribution is -2.15. The Hall–Kier alpha value is -2.82. The summed E-state index contributed by atoms with van der Waals surface area (Å²) in [5.41, 5.74) is 2.70. The summed E-state index contributed by atoms with van der Waals surface area (Å²) in [5, 5.41) is 11.9. The van der Waals surface area contributed by atoms with Gasteiger partial charge in [0.2, 0.25) is 5.13 Å². The number of rotatable bonds is 7. The number of hydrogen-bond acceptors (Lipinski definition) is 9. The van der Waals surface area contributed by atoms with Crippen molar-refractivity contribution in [1.82, 2.24) is 20.2 Å². The van der Waals surface area contributed by atoms with E-state index in [1.165, 1.54) is 24.2 Å². The van der Waals surface area contributed by atoms with Crippen molar-refractivity contribution >= 4 is 34.0 Å². The van der Waals surface area contributed by atoms with Crippen LogP contribution in [-0.4, -0.2) is 52.5 Å². The molecule has 11 heteroatoms. The first-order valence-corrected chi connectivity index (χ1v) is 12.4. The maximum Gasteiger partial charge on any atom is 0.296 e. The van der Waals surface area contributed by atoms with Crippen molar-refractivity contribution < 1.29 is 19.0 Å². The van der Waals surface area contributed by atoms with Crippen molar-refractivity contribution in [3.63, 3.8) is 0 Å². The maximum atomic E-state index is 13.3. The van der Waals surface area contributed by atoms with Gasteiger partial charge in [-0.15, -0.1) is 5.10 Å². The first-order valence-electron chi connectivity index (χ1n) is 11.2. The van der Waals surface area contributed by atoms with Gasteiger partial charge in [-0.2, -0.15) is 0 Å². The van der Waals surface area contributed by atoms with Gasteiger partial charge in [0.25, 0.3) is 11.1 Å². The van der Waals surface area contributed by atoms with E-state index in [0.29, 0.717) is 57.0 Å². The van der Waals surface area contributed by atoms with Crippen LogP contribution in [0.3, 0.4) is 0 Å². The number of ether oxygens (including phenoxy) is 3. The highest BCUT2D eigenvalue weighted by atomic mass is 35.5. The fraction of sp³-hybridized carbons (Fsp3) is 0.435. The van der Waals surface area contributed by atoms with Gasteiger partial charge in [0, 0.05) is 35.4 Å². The maximum absolute atomic E-state index is 13.3. The quantitative estimate of drug-likeness (QED) is 0.462. The molecule has 4 heterocycles. The minimum Gasteiger partial charge on any atom is -0.494 e. The van der Waals surface area contributed by atoms with Crippen molar-refractivity contribution in [1.29, 1.82) is 0 Å². The summed E-state index contributed by atoms with van der Waals surface area (Å²) in [7, 11) is 1.56. The fourth-order valence-corrected chi connectivity index (χ4v) is 5.15. The monoisotopic (exact) mass is 501 g/mol. The highest BCUT2D eigenvalue weighted by Crippen LogP contribution is 2.38. The highest BCUT2D eigenvalue weighted by molar-refractivity contribution is 7.17. The van der Waals surface area contributed by atoms with Crippen molar-refractivity contribution in [2.75, 3.05) is 25.6 Å². The second-order valence-corrected chi connectivity index (χ2v) is 9.60. The molecule has 1 amide bonds. The molecule has 1 aliphatic heterocycles. The second-order valence-electron chi connectivity index (χ2n) is 8.27. The molecule has 34 heavy (non-hydrogen) atoms. The lowest BCUT2D eigenvalue weighted by molar-refractivity contribution is 0.102. The topological polar surface area (TPSA) is 108 Å². The predicted octanol–water partition coefficient (Wildman–Crippen LogP) is 4.73. The minimum absolute atomic E-state index is 0.0423. The largest absolute Gasteiger partial charge is 0.494 e. The molecule has 2 aliphatic rings. The Bertz CT molecular complexity index is 1180. The van der Waals surface area contributed by atoms with Crippen LogP contribution in [0.5, 0.6) is 10.9 Å². The van der Waals surface area contributed by atoms with E-state index in [4.69, 9.17) is 25.8 Å². The van der Waals surface area contributed by atoms with Gasteiger partial charge in [-0.3, -0.25) is 15.1 Å². The molecular formula is C23H24ClN5O4S. The molecule has 1 N–H and O–H groups in total. The Labute approximate surface area is 205 Å². The SMILES string of the molecule is COc1cnc(Cl)cc1-c1cc(C2CCCC2)ncc1C(=O)Nc1nnc(O[C@@H]2CCOC2)s1. The number of carbonyl (C=O) groups is 1. The zero-order valence-corrected chi connectivity index (χ0v) is 20.2. The van der Waals surface area contributed by atoms with Crippen molar-refractivity contribution in [3.8, 4) is 22.1 Å². The summed E-state index contributed by atoms with van der Waals surface area (Å²) in [4.78, 5) is 22.1. The number of anilines is 1. The zero-order valence-electron chi connectivity index (χ0n) is 18.6. The van der Waals surface area contributed by atoms with Gasteiger partial charge < -0.3 is 14.2 Å². The van der Waals surface area contributed by atoms with E-state index in [0.717, 1.165) is 25.0 Å². The van der Waals surface area contributed by atoms with Crippen LogP contribution in [0.15, 0.2) is 24.5 Å². The van der Waals surface area contributed by atoms with Crippen molar-refractivity contribution in [2.24, 2.45) is 0 Å². The van der Waals surface area contributed by atoms with E-state index in [2.05, 4.69) is 25.5 Å². The predicted molar refractivity (Wildman–Crippen MR) is 128 cm³/mol. The molecule has 3 aromatic rings. The molecule has 1 atom stereocenters. The van der Waals surface area contributed by atoms with Gasteiger partial charge in [0.15, 0.2) is 0 Å². The summed E-state index contributed by atoms with van der Waals surface area (Å²) in [6.07, 6.45) is 8.47. The normalized spacial score (nSPS) is 18.2. The number of amides is 1. The second kappa shape index (κ2) is 10.2. The van der Waals surface area contributed by atoms with Gasteiger partial charge in [-0.1, -0.05) is 29.5 Å². The average Bonchev–Trinajstić information content (AvgIpc) is 3.63. The van der Waals surface area contributed by atoms with Gasteiger partial charge in [0.05, 0.1) is 32.1 Å². The molecule has 0 aromatic carbocycles. The molecule has 0 spiro atoms. The number of nitrogens with zero attached hydrogens (tertiary/aromatic N) is 4. The van der Waals surface area contributed by atoms with Crippen LogP contribution >= 0.6 is 22.9 Å². The van der Waals surface area contributed by atoms with E-state index in [1.54, 1.807) is 25.6 Å². The fourth-order valence-electron chi connectivity index (χ4n) is 4.33. The van der Waals surface area contributed by atoms with E-state index >= 15 is 0 Å². The summed E-state index contributed by atoms with van der Waals surface area (Å²) < 4.78 is 16.6. The number of carbonyl (C=O) groups excluding carboxylic acids is 1. The van der Waals surface area contributed by atoms with E-state index in [-0.39, 0.29) is 12.0 Å². The number of methoxy groups -OCH3 is 1. The highest BCUT2D eigenvalue weighted by Gasteiger charge is 2.24. The number of aromatic nitrogens is 4. The van der Waals surface area contributed by atoms with Crippen LogP contribution in [0.2, 0.25) is 5.15 Å². The lowest BCUT2D eigenvalue weighted by Gasteiger charge is -2.16. The molecule has 5 rings (SSSR count). The van der Waals surface area contributed by atoms with Crippen LogP contribution in [0, 0.1) is 0 Å². The Morgan fingerprint density at radius 2 is 2.00 bits per heavy atom. The van der Waals surface area contributed by atoms with Gasteiger partial charge in [0.1, 0.15) is 17.0 Å². The Morgan fingerprint density at radius 1 is 1.15 bits per heavy atom. The van der Waals surface area contributed by atoms with Gasteiger partial charge in [-0.25, -0.2) is 4.98 Å². The number of hydrogen-bond donors (Lipinski definition) is 1. The average molecular weight is 502 g/mol. The molecule has 1 aliphatic carbocycles. The molecule has 3 aromatic heterocycles. The molecular weight excluding hydrogens is 478 g/mol. The minimum atomic E-state index is -0.359. The molecule has 0 unspecified atom stereocenters. The van der Waals surface area contributed by atoms with Crippen LogP contribution in [-0.2, 0) is 4.74 Å². The molecule has 0 radical (unpaired) electrons. The molecule has 0 bridgehead atoms. The summed E-state index contributed by atoms with van der Waals surface area (Å²) >= 11 is 7.37. The first-order chi connectivity index (χ1) is 16.6. The summed E-state index contributed by atoms with van der Waals surface area (Å²) in [6, 6.07) is 3.67. The summed E-state index contributed by atoms with van der Waals surface area (Å²) in [5.74, 6) is 0.538. The van der Waals surface area contributed by atoms with Crippen molar-refractivity contribution in [3.05, 3.63) is 40.9 Å².